The second kappa shape index (κ2) is 6.08. The Balaban J connectivity index is 2.44. The predicted molar refractivity (Wildman–Crippen MR) is 74.7 cm³/mol. The molecule has 0 saturated carbocycles. The Morgan fingerprint density at radius 3 is 2.75 bits per heavy atom. The Kier molecular flexibility index (Phi) is 4.43. The molecule has 2 rings (SSSR count). The standard InChI is InChI=1S/C12H16N4O3S/c1-7-11(8(2)19-15-7)12-13-9(4-5-20-3)14-16(12)6-10(17)18/h4-6H2,1-3H3,(H,17,18). The highest BCUT2D eigenvalue weighted by molar-refractivity contribution is 7.98. The molecule has 0 aliphatic heterocycles. The maximum Gasteiger partial charge on any atom is 0.325 e. The van der Waals surface area contributed by atoms with E-state index in [-0.39, 0.29) is 6.54 Å². The van der Waals surface area contributed by atoms with Gasteiger partial charge in [0, 0.05) is 12.2 Å². The van der Waals surface area contributed by atoms with Crippen LogP contribution in [0.3, 0.4) is 0 Å². The first kappa shape index (κ1) is 14.6. The predicted octanol–water partition coefficient (Wildman–Crippen LogP) is 1.54. The second-order valence-corrected chi connectivity index (χ2v) is 5.33. The molecule has 0 saturated heterocycles. The van der Waals surface area contributed by atoms with Gasteiger partial charge in [-0.3, -0.25) is 4.79 Å². The van der Waals surface area contributed by atoms with Crippen LogP contribution in [-0.4, -0.2) is 43.0 Å². The summed E-state index contributed by atoms with van der Waals surface area (Å²) in [6.07, 6.45) is 2.70. The zero-order valence-electron chi connectivity index (χ0n) is 11.6. The van der Waals surface area contributed by atoms with Crippen molar-refractivity contribution in [3.8, 4) is 11.4 Å². The molecule has 2 heterocycles. The molecule has 108 valence electrons. The summed E-state index contributed by atoms with van der Waals surface area (Å²) >= 11 is 1.69. The zero-order valence-corrected chi connectivity index (χ0v) is 12.4. The molecular formula is C12H16N4O3S. The number of hydrogen-bond donors (Lipinski definition) is 1. The number of hydrogen-bond acceptors (Lipinski definition) is 6. The van der Waals surface area contributed by atoms with Crippen LogP contribution in [0.4, 0.5) is 0 Å². The van der Waals surface area contributed by atoms with Crippen molar-refractivity contribution in [3.05, 3.63) is 17.3 Å². The number of carbonyl (C=O) groups is 1. The first-order valence-electron chi connectivity index (χ1n) is 6.10. The topological polar surface area (TPSA) is 94.0 Å². The molecule has 0 bridgehead atoms. The molecule has 2 aromatic rings. The average molecular weight is 296 g/mol. The van der Waals surface area contributed by atoms with Crippen molar-refractivity contribution in [2.75, 3.05) is 12.0 Å². The van der Waals surface area contributed by atoms with Crippen LogP contribution in [0.2, 0.25) is 0 Å². The monoisotopic (exact) mass is 296 g/mol. The van der Waals surface area contributed by atoms with Gasteiger partial charge in [0.15, 0.2) is 11.6 Å². The van der Waals surface area contributed by atoms with Crippen LogP contribution < -0.4 is 0 Å². The van der Waals surface area contributed by atoms with Gasteiger partial charge >= 0.3 is 5.97 Å². The summed E-state index contributed by atoms with van der Waals surface area (Å²) in [7, 11) is 0. The largest absolute Gasteiger partial charge is 0.480 e. The van der Waals surface area contributed by atoms with Crippen molar-refractivity contribution in [2.24, 2.45) is 0 Å². The fourth-order valence-corrected chi connectivity index (χ4v) is 2.30. The van der Waals surface area contributed by atoms with Crippen LogP contribution in [0.15, 0.2) is 4.52 Å². The van der Waals surface area contributed by atoms with E-state index in [1.807, 2.05) is 6.26 Å². The van der Waals surface area contributed by atoms with E-state index < -0.39 is 5.97 Å². The van der Waals surface area contributed by atoms with Gasteiger partial charge in [0.25, 0.3) is 0 Å². The third-order valence-electron chi connectivity index (χ3n) is 2.79. The minimum absolute atomic E-state index is 0.230. The molecule has 0 spiro atoms. The summed E-state index contributed by atoms with van der Waals surface area (Å²) in [5, 5.41) is 17.1. The average Bonchev–Trinajstić information content (AvgIpc) is 2.90. The molecule has 8 heteroatoms. The summed E-state index contributed by atoms with van der Waals surface area (Å²) in [6.45, 7) is 3.34. The van der Waals surface area contributed by atoms with Crippen molar-refractivity contribution in [1.82, 2.24) is 19.9 Å². The quantitative estimate of drug-likeness (QED) is 0.864. The molecule has 7 nitrogen and oxygen atoms in total. The van der Waals surface area contributed by atoms with Gasteiger partial charge in [0.2, 0.25) is 0 Å². The summed E-state index contributed by atoms with van der Waals surface area (Å²) in [5.74, 6) is 1.67. The van der Waals surface area contributed by atoms with E-state index in [1.165, 1.54) is 4.68 Å². The molecule has 0 unspecified atom stereocenters. The van der Waals surface area contributed by atoms with Gasteiger partial charge in [0.05, 0.1) is 11.3 Å². The van der Waals surface area contributed by atoms with Crippen LogP contribution in [-0.2, 0) is 17.8 Å². The lowest BCUT2D eigenvalue weighted by atomic mass is 10.2. The first-order valence-corrected chi connectivity index (χ1v) is 7.50. The Morgan fingerprint density at radius 2 is 2.20 bits per heavy atom. The van der Waals surface area contributed by atoms with Crippen molar-refractivity contribution < 1.29 is 14.4 Å². The Labute approximate surface area is 120 Å². The molecule has 0 aliphatic rings. The summed E-state index contributed by atoms with van der Waals surface area (Å²) in [6, 6.07) is 0. The van der Waals surface area contributed by atoms with Crippen LogP contribution in [0, 0.1) is 13.8 Å². The van der Waals surface area contributed by atoms with E-state index in [2.05, 4.69) is 15.2 Å². The van der Waals surface area contributed by atoms with Gasteiger partial charge in [-0.15, -0.1) is 0 Å². The molecule has 0 aromatic carbocycles. The Morgan fingerprint density at radius 1 is 1.45 bits per heavy atom. The maximum absolute atomic E-state index is 11.0. The van der Waals surface area contributed by atoms with E-state index in [0.29, 0.717) is 35.1 Å². The number of rotatable bonds is 6. The van der Waals surface area contributed by atoms with Gasteiger partial charge in [-0.05, 0) is 20.1 Å². The van der Waals surface area contributed by atoms with Crippen molar-refractivity contribution in [2.45, 2.75) is 26.8 Å². The molecule has 2 aromatic heterocycles. The SMILES string of the molecule is CSCCc1nc(-c2c(C)noc2C)n(CC(=O)O)n1. The number of carboxylic acids is 1. The first-order chi connectivity index (χ1) is 9.52. The van der Waals surface area contributed by atoms with Crippen molar-refractivity contribution in [3.63, 3.8) is 0 Å². The van der Waals surface area contributed by atoms with Crippen LogP contribution in [0.25, 0.3) is 11.4 Å². The third-order valence-corrected chi connectivity index (χ3v) is 3.40. The summed E-state index contributed by atoms with van der Waals surface area (Å²) in [5.41, 5.74) is 1.40. The number of thioether (sulfide) groups is 1. The molecule has 20 heavy (non-hydrogen) atoms. The number of carboxylic acid groups (broad SMARTS) is 1. The van der Waals surface area contributed by atoms with E-state index in [1.54, 1.807) is 25.6 Å². The number of aryl methyl sites for hydroxylation is 3. The fraction of sp³-hybridized carbons (Fsp3) is 0.500. The fourth-order valence-electron chi connectivity index (χ4n) is 1.91. The normalized spacial score (nSPS) is 10.9. The molecule has 0 amide bonds. The minimum atomic E-state index is -0.959. The molecule has 0 atom stereocenters. The van der Waals surface area contributed by atoms with E-state index in [4.69, 9.17) is 9.63 Å². The van der Waals surface area contributed by atoms with Crippen LogP contribution in [0.1, 0.15) is 17.3 Å². The number of nitrogens with zero attached hydrogens (tertiary/aromatic N) is 4. The lowest BCUT2D eigenvalue weighted by Gasteiger charge is -2.01. The minimum Gasteiger partial charge on any atom is -0.480 e. The van der Waals surface area contributed by atoms with Gasteiger partial charge in [0.1, 0.15) is 12.3 Å². The van der Waals surface area contributed by atoms with Gasteiger partial charge in [-0.2, -0.15) is 16.9 Å². The van der Waals surface area contributed by atoms with Gasteiger partial charge < -0.3 is 9.63 Å². The smallest absolute Gasteiger partial charge is 0.325 e. The maximum atomic E-state index is 11.0. The highest BCUT2D eigenvalue weighted by atomic mass is 32.2. The molecule has 0 aliphatic carbocycles. The summed E-state index contributed by atoms with van der Waals surface area (Å²) in [4.78, 5) is 15.4. The summed E-state index contributed by atoms with van der Waals surface area (Å²) < 4.78 is 6.51. The number of aromatic nitrogens is 4. The van der Waals surface area contributed by atoms with Crippen LogP contribution >= 0.6 is 11.8 Å². The van der Waals surface area contributed by atoms with Gasteiger partial charge in [-0.25, -0.2) is 9.67 Å². The number of aliphatic carboxylic acids is 1. The van der Waals surface area contributed by atoms with E-state index >= 15 is 0 Å². The van der Waals surface area contributed by atoms with Crippen molar-refractivity contribution >= 4 is 17.7 Å². The third kappa shape index (κ3) is 3.01. The Bertz CT molecular complexity index is 601. The molecule has 0 radical (unpaired) electrons. The van der Waals surface area contributed by atoms with Crippen molar-refractivity contribution in [1.29, 1.82) is 0 Å². The van der Waals surface area contributed by atoms with Gasteiger partial charge in [-0.1, -0.05) is 5.16 Å². The van der Waals surface area contributed by atoms with E-state index in [0.717, 1.165) is 5.75 Å². The molecule has 1 N–H and O–H groups in total. The lowest BCUT2D eigenvalue weighted by molar-refractivity contribution is -0.137. The Hall–Kier alpha value is -1.83. The molecule has 0 fully saturated rings. The highest BCUT2D eigenvalue weighted by Crippen LogP contribution is 2.25. The lowest BCUT2D eigenvalue weighted by Crippen LogP contribution is -2.12. The van der Waals surface area contributed by atoms with Crippen LogP contribution in [0.5, 0.6) is 0 Å². The highest BCUT2D eigenvalue weighted by Gasteiger charge is 2.20. The second-order valence-electron chi connectivity index (χ2n) is 4.34. The molecular weight excluding hydrogens is 280 g/mol. The zero-order chi connectivity index (χ0) is 14.7. The van der Waals surface area contributed by atoms with E-state index in [9.17, 15) is 4.79 Å².